The van der Waals surface area contributed by atoms with Gasteiger partial charge in [-0.15, -0.1) is 0 Å². The van der Waals surface area contributed by atoms with Crippen LogP contribution >= 0.6 is 11.6 Å². The molecule has 0 fully saturated rings. The number of benzene rings is 1. The summed E-state index contributed by atoms with van der Waals surface area (Å²) in [5, 5.41) is 12.7. The summed E-state index contributed by atoms with van der Waals surface area (Å²) in [5.74, 6) is 0.745. The van der Waals surface area contributed by atoms with Gasteiger partial charge in [-0.2, -0.15) is 0 Å². The zero-order valence-corrected chi connectivity index (χ0v) is 7.71. The number of aliphatic hydroxyl groups is 1. The minimum absolute atomic E-state index is 0.0229. The first-order valence-corrected chi connectivity index (χ1v) is 4.48. The van der Waals surface area contributed by atoms with Crippen LogP contribution < -0.4 is 10.1 Å². The van der Waals surface area contributed by atoms with Gasteiger partial charge in [-0.1, -0.05) is 11.6 Å². The molecular formula is C9H10ClNO2. The molecule has 13 heavy (non-hydrogen) atoms. The smallest absolute Gasteiger partial charge is 0.143 e. The number of rotatable bonds is 1. The Morgan fingerprint density at radius 2 is 2.46 bits per heavy atom. The topological polar surface area (TPSA) is 41.5 Å². The van der Waals surface area contributed by atoms with E-state index in [1.54, 1.807) is 12.1 Å². The highest BCUT2D eigenvalue weighted by Gasteiger charge is 2.17. The van der Waals surface area contributed by atoms with E-state index in [1.165, 1.54) is 0 Å². The molecule has 0 spiro atoms. The van der Waals surface area contributed by atoms with Gasteiger partial charge in [0, 0.05) is 5.02 Å². The molecule has 1 aliphatic rings. The molecule has 70 valence electrons. The molecule has 0 bridgehead atoms. The van der Waals surface area contributed by atoms with E-state index >= 15 is 0 Å². The van der Waals surface area contributed by atoms with E-state index in [4.69, 9.17) is 21.4 Å². The van der Waals surface area contributed by atoms with Crippen LogP contribution in [0.4, 0.5) is 5.69 Å². The van der Waals surface area contributed by atoms with Gasteiger partial charge in [-0.3, -0.25) is 0 Å². The summed E-state index contributed by atoms with van der Waals surface area (Å²) in [4.78, 5) is 0. The lowest BCUT2D eigenvalue weighted by Crippen LogP contribution is -2.33. The van der Waals surface area contributed by atoms with E-state index in [-0.39, 0.29) is 12.7 Å². The van der Waals surface area contributed by atoms with Crippen molar-refractivity contribution in [2.45, 2.75) is 6.10 Å². The molecule has 4 heteroatoms. The molecule has 1 heterocycles. The van der Waals surface area contributed by atoms with E-state index in [0.717, 1.165) is 11.4 Å². The van der Waals surface area contributed by atoms with E-state index in [1.807, 2.05) is 6.07 Å². The maximum atomic E-state index is 8.88. The molecule has 1 aliphatic heterocycles. The molecule has 0 saturated heterocycles. The fourth-order valence-electron chi connectivity index (χ4n) is 1.29. The van der Waals surface area contributed by atoms with Crippen LogP contribution in [-0.4, -0.2) is 24.4 Å². The van der Waals surface area contributed by atoms with E-state index < -0.39 is 0 Å². The summed E-state index contributed by atoms with van der Waals surface area (Å²) in [6.45, 7) is 0.638. The molecule has 0 unspecified atom stereocenters. The standard InChI is InChI=1S/C9H10ClNO2/c10-6-1-2-9-8(3-6)11-4-7(5-12)13-9/h1-3,7,11-12H,4-5H2/t7-/m0/s1. The number of nitrogens with one attached hydrogen (secondary N) is 1. The van der Waals surface area contributed by atoms with Gasteiger partial charge < -0.3 is 15.2 Å². The number of anilines is 1. The minimum Gasteiger partial charge on any atom is -0.484 e. The van der Waals surface area contributed by atoms with Gasteiger partial charge in [0.25, 0.3) is 0 Å². The Morgan fingerprint density at radius 1 is 1.62 bits per heavy atom. The van der Waals surface area contributed by atoms with Crippen molar-refractivity contribution in [2.75, 3.05) is 18.5 Å². The molecule has 1 aromatic rings. The van der Waals surface area contributed by atoms with Crippen molar-refractivity contribution in [1.29, 1.82) is 0 Å². The van der Waals surface area contributed by atoms with E-state index in [2.05, 4.69) is 5.32 Å². The van der Waals surface area contributed by atoms with Crippen molar-refractivity contribution in [2.24, 2.45) is 0 Å². The van der Waals surface area contributed by atoms with Crippen molar-refractivity contribution in [3.63, 3.8) is 0 Å². The van der Waals surface area contributed by atoms with Gasteiger partial charge >= 0.3 is 0 Å². The largest absolute Gasteiger partial charge is 0.484 e. The maximum Gasteiger partial charge on any atom is 0.143 e. The molecule has 0 amide bonds. The molecule has 2 N–H and O–H groups in total. The Morgan fingerprint density at radius 3 is 3.23 bits per heavy atom. The second-order valence-corrected chi connectivity index (χ2v) is 3.38. The molecule has 0 aromatic heterocycles. The molecule has 2 rings (SSSR count). The number of ether oxygens (including phenoxy) is 1. The Bertz CT molecular complexity index is 316. The summed E-state index contributed by atoms with van der Waals surface area (Å²) in [5.41, 5.74) is 0.886. The van der Waals surface area contributed by atoms with Crippen LogP contribution in [0.15, 0.2) is 18.2 Å². The monoisotopic (exact) mass is 199 g/mol. The molecule has 1 aromatic carbocycles. The number of fused-ring (bicyclic) bond motifs is 1. The van der Waals surface area contributed by atoms with Crippen molar-refractivity contribution in [3.8, 4) is 5.75 Å². The second-order valence-electron chi connectivity index (χ2n) is 2.94. The lowest BCUT2D eigenvalue weighted by Gasteiger charge is -2.25. The highest BCUT2D eigenvalue weighted by molar-refractivity contribution is 6.30. The zero-order valence-electron chi connectivity index (χ0n) is 6.96. The summed E-state index contributed by atoms with van der Waals surface area (Å²) in [6.07, 6.45) is -0.159. The first-order chi connectivity index (χ1) is 6.29. The van der Waals surface area contributed by atoms with Crippen LogP contribution in [0.1, 0.15) is 0 Å². The summed E-state index contributed by atoms with van der Waals surface area (Å²) in [7, 11) is 0. The van der Waals surface area contributed by atoms with E-state index in [9.17, 15) is 0 Å². The fraction of sp³-hybridized carbons (Fsp3) is 0.333. The number of aliphatic hydroxyl groups excluding tert-OH is 1. The Balaban J connectivity index is 2.26. The van der Waals surface area contributed by atoms with Crippen molar-refractivity contribution < 1.29 is 9.84 Å². The van der Waals surface area contributed by atoms with Crippen LogP contribution in [0.5, 0.6) is 5.75 Å². The van der Waals surface area contributed by atoms with Gasteiger partial charge in [0.2, 0.25) is 0 Å². The summed E-state index contributed by atoms with van der Waals surface area (Å²) >= 11 is 5.80. The van der Waals surface area contributed by atoms with Crippen molar-refractivity contribution >= 4 is 17.3 Å². The third kappa shape index (κ3) is 1.71. The highest BCUT2D eigenvalue weighted by Crippen LogP contribution is 2.31. The lowest BCUT2D eigenvalue weighted by molar-refractivity contribution is 0.120. The predicted molar refractivity (Wildman–Crippen MR) is 51.4 cm³/mol. The first kappa shape index (κ1) is 8.66. The van der Waals surface area contributed by atoms with Gasteiger partial charge in [0.15, 0.2) is 0 Å². The number of hydrogen-bond donors (Lipinski definition) is 2. The lowest BCUT2D eigenvalue weighted by atomic mass is 10.2. The van der Waals surface area contributed by atoms with Crippen LogP contribution in [0.25, 0.3) is 0 Å². The number of halogens is 1. The molecule has 3 nitrogen and oxygen atoms in total. The average Bonchev–Trinajstić information content (AvgIpc) is 2.17. The zero-order chi connectivity index (χ0) is 9.26. The third-order valence-corrected chi connectivity index (χ3v) is 2.19. The second kappa shape index (κ2) is 3.44. The SMILES string of the molecule is OC[C@@H]1CNc2cc(Cl)ccc2O1. The minimum atomic E-state index is -0.159. The molecular weight excluding hydrogens is 190 g/mol. The maximum absolute atomic E-state index is 8.88. The Kier molecular flexibility index (Phi) is 2.29. The van der Waals surface area contributed by atoms with Crippen LogP contribution in [0.2, 0.25) is 5.02 Å². The molecule has 0 radical (unpaired) electrons. The van der Waals surface area contributed by atoms with E-state index in [0.29, 0.717) is 11.6 Å². The van der Waals surface area contributed by atoms with Gasteiger partial charge in [0.05, 0.1) is 18.8 Å². The Hall–Kier alpha value is -0.930. The highest BCUT2D eigenvalue weighted by atomic mass is 35.5. The predicted octanol–water partition coefficient (Wildman–Crippen LogP) is 1.51. The summed E-state index contributed by atoms with van der Waals surface area (Å²) < 4.78 is 5.46. The van der Waals surface area contributed by atoms with Crippen LogP contribution in [0, 0.1) is 0 Å². The third-order valence-electron chi connectivity index (χ3n) is 1.96. The van der Waals surface area contributed by atoms with Crippen LogP contribution in [-0.2, 0) is 0 Å². The van der Waals surface area contributed by atoms with Crippen LogP contribution in [0.3, 0.4) is 0 Å². The fourth-order valence-corrected chi connectivity index (χ4v) is 1.46. The molecule has 1 atom stereocenters. The van der Waals surface area contributed by atoms with Crippen molar-refractivity contribution in [3.05, 3.63) is 23.2 Å². The molecule has 0 aliphatic carbocycles. The first-order valence-electron chi connectivity index (χ1n) is 4.10. The van der Waals surface area contributed by atoms with Gasteiger partial charge in [0.1, 0.15) is 11.9 Å². The number of hydrogen-bond acceptors (Lipinski definition) is 3. The van der Waals surface area contributed by atoms with Gasteiger partial charge in [-0.25, -0.2) is 0 Å². The normalized spacial score (nSPS) is 20.0. The van der Waals surface area contributed by atoms with Crippen molar-refractivity contribution in [1.82, 2.24) is 0 Å². The molecule has 0 saturated carbocycles. The summed E-state index contributed by atoms with van der Waals surface area (Å²) in [6, 6.07) is 5.37. The average molecular weight is 200 g/mol. The Labute approximate surface area is 81.3 Å². The quantitative estimate of drug-likeness (QED) is 0.721. The van der Waals surface area contributed by atoms with Gasteiger partial charge in [-0.05, 0) is 18.2 Å².